The molecule has 3 unspecified atom stereocenters. The van der Waals surface area contributed by atoms with Gasteiger partial charge in [-0.3, -0.25) is 0 Å². The minimum atomic E-state index is -2.62. The molecule has 0 bridgehead atoms. The third kappa shape index (κ3) is 2.03. The average Bonchev–Trinajstić information content (AvgIpc) is 2.47. The lowest BCUT2D eigenvalue weighted by molar-refractivity contribution is 0.193. The summed E-state index contributed by atoms with van der Waals surface area (Å²) in [6.45, 7) is 4.48. The number of hydrogen-bond donors (Lipinski definition) is 2. The zero-order chi connectivity index (χ0) is 10.1. The second kappa shape index (κ2) is 3.94. The smallest absolute Gasteiger partial charge is 0.107 e. The van der Waals surface area contributed by atoms with E-state index in [1.54, 1.807) is 11.2 Å². The van der Waals surface area contributed by atoms with Crippen molar-refractivity contribution in [2.75, 3.05) is 18.9 Å². The molecule has 2 N–H and O–H groups in total. The van der Waals surface area contributed by atoms with Crippen LogP contribution in [0.15, 0.2) is 0 Å². The molecule has 1 heterocycles. The van der Waals surface area contributed by atoms with Crippen molar-refractivity contribution < 1.29 is 9.32 Å². The van der Waals surface area contributed by atoms with E-state index in [4.69, 9.17) is 9.89 Å². The lowest BCUT2D eigenvalue weighted by atomic mass is 10.0. The van der Waals surface area contributed by atoms with E-state index in [0.717, 1.165) is 6.42 Å². The first-order valence-electron chi connectivity index (χ1n) is 4.67. The van der Waals surface area contributed by atoms with Gasteiger partial charge in [-0.1, -0.05) is 13.8 Å². The van der Waals surface area contributed by atoms with Gasteiger partial charge >= 0.3 is 0 Å². The Morgan fingerprint density at radius 1 is 1.69 bits per heavy atom. The van der Waals surface area contributed by atoms with E-state index in [2.05, 4.69) is 0 Å². The second-order valence-corrected chi connectivity index (χ2v) is 5.91. The molecule has 0 radical (unpaired) electrons. The van der Waals surface area contributed by atoms with Crippen LogP contribution in [0, 0.1) is 10.7 Å². The second-order valence-electron chi connectivity index (χ2n) is 3.59. The number of rotatable bonds is 3. The summed E-state index contributed by atoms with van der Waals surface area (Å²) in [6, 6.07) is -0.0788. The Kier molecular flexibility index (Phi) is 3.32. The molecule has 0 aliphatic carbocycles. The summed E-state index contributed by atoms with van der Waals surface area (Å²) in [5, 5.41) is 9.12. The molecule has 0 amide bonds. The SMILES string of the molecule is CCS(=N)(=O)N1CCC(C)C1CO. The summed E-state index contributed by atoms with van der Waals surface area (Å²) < 4.78 is 21.1. The summed E-state index contributed by atoms with van der Waals surface area (Å²) >= 11 is 0. The lowest BCUT2D eigenvalue weighted by Crippen LogP contribution is -2.39. The zero-order valence-electron chi connectivity index (χ0n) is 8.19. The lowest BCUT2D eigenvalue weighted by Gasteiger charge is -2.25. The highest BCUT2D eigenvalue weighted by atomic mass is 32.2. The molecule has 5 heteroatoms. The highest BCUT2D eigenvalue weighted by Crippen LogP contribution is 2.26. The molecule has 1 rings (SSSR count). The first kappa shape index (κ1) is 10.9. The third-order valence-corrected chi connectivity index (χ3v) is 4.78. The van der Waals surface area contributed by atoms with Gasteiger partial charge in [0.15, 0.2) is 0 Å². The summed E-state index contributed by atoms with van der Waals surface area (Å²) in [7, 11) is -2.62. The maximum Gasteiger partial charge on any atom is 0.107 e. The van der Waals surface area contributed by atoms with E-state index in [0.29, 0.717) is 18.2 Å². The van der Waals surface area contributed by atoms with E-state index in [1.807, 2.05) is 6.92 Å². The quantitative estimate of drug-likeness (QED) is 0.713. The van der Waals surface area contributed by atoms with Crippen LogP contribution in [0.4, 0.5) is 0 Å². The normalized spacial score (nSPS) is 34.7. The third-order valence-electron chi connectivity index (χ3n) is 2.79. The van der Waals surface area contributed by atoms with Crippen molar-refractivity contribution in [3.8, 4) is 0 Å². The van der Waals surface area contributed by atoms with E-state index in [-0.39, 0.29) is 12.6 Å². The van der Waals surface area contributed by atoms with Crippen molar-refractivity contribution in [2.24, 2.45) is 5.92 Å². The first-order chi connectivity index (χ1) is 6.03. The summed E-state index contributed by atoms with van der Waals surface area (Å²) in [5.74, 6) is 0.693. The van der Waals surface area contributed by atoms with Gasteiger partial charge in [-0.05, 0) is 12.3 Å². The molecule has 3 atom stereocenters. The fourth-order valence-electron chi connectivity index (χ4n) is 1.78. The van der Waals surface area contributed by atoms with Gasteiger partial charge in [0.25, 0.3) is 0 Å². The van der Waals surface area contributed by atoms with E-state index in [9.17, 15) is 4.21 Å². The number of hydrogen-bond acceptors (Lipinski definition) is 3. The Labute approximate surface area is 80.0 Å². The molecule has 1 aliphatic heterocycles. The van der Waals surface area contributed by atoms with Crippen molar-refractivity contribution >= 4 is 9.92 Å². The highest BCUT2D eigenvalue weighted by Gasteiger charge is 2.35. The number of aliphatic hydroxyl groups is 1. The molecule has 0 saturated carbocycles. The van der Waals surface area contributed by atoms with Gasteiger partial charge < -0.3 is 5.11 Å². The molecule has 0 spiro atoms. The number of nitrogens with one attached hydrogen (secondary N) is 1. The van der Waals surface area contributed by atoms with Crippen LogP contribution in [-0.4, -0.2) is 38.6 Å². The average molecular weight is 206 g/mol. The zero-order valence-corrected chi connectivity index (χ0v) is 9.01. The predicted molar refractivity (Wildman–Crippen MR) is 52.8 cm³/mol. The molecule has 13 heavy (non-hydrogen) atoms. The molecule has 78 valence electrons. The topological polar surface area (TPSA) is 64.4 Å². The standard InChI is InChI=1S/C8H18N2O2S/c1-3-13(9,12)10-5-4-7(2)8(10)6-11/h7-9,11H,3-6H2,1-2H3. The first-order valence-corrected chi connectivity index (χ1v) is 6.35. The van der Waals surface area contributed by atoms with Crippen molar-refractivity contribution in [2.45, 2.75) is 26.3 Å². The van der Waals surface area contributed by atoms with Gasteiger partial charge in [0.05, 0.1) is 6.61 Å². The van der Waals surface area contributed by atoms with Crippen LogP contribution < -0.4 is 0 Å². The van der Waals surface area contributed by atoms with Gasteiger partial charge in [0, 0.05) is 18.3 Å². The minimum Gasteiger partial charge on any atom is -0.395 e. The Morgan fingerprint density at radius 3 is 2.77 bits per heavy atom. The van der Waals surface area contributed by atoms with Gasteiger partial charge in [-0.2, -0.15) is 0 Å². The van der Waals surface area contributed by atoms with Gasteiger partial charge in [-0.15, -0.1) is 0 Å². The fraction of sp³-hybridized carbons (Fsp3) is 1.00. The Morgan fingerprint density at radius 2 is 2.31 bits per heavy atom. The van der Waals surface area contributed by atoms with Crippen molar-refractivity contribution in [3.63, 3.8) is 0 Å². The monoisotopic (exact) mass is 206 g/mol. The summed E-state index contributed by atoms with van der Waals surface area (Å²) in [4.78, 5) is 0. The highest BCUT2D eigenvalue weighted by molar-refractivity contribution is 7.90. The van der Waals surface area contributed by atoms with E-state index in [1.165, 1.54) is 0 Å². The Hall–Kier alpha value is -0.130. The van der Waals surface area contributed by atoms with Crippen LogP contribution in [-0.2, 0) is 9.92 Å². The van der Waals surface area contributed by atoms with Crippen LogP contribution in [0.1, 0.15) is 20.3 Å². The van der Waals surface area contributed by atoms with Crippen LogP contribution in [0.5, 0.6) is 0 Å². The predicted octanol–water partition coefficient (Wildman–Crippen LogP) is 0.671. The molecule has 0 aromatic rings. The molecular formula is C8H18N2O2S. The van der Waals surface area contributed by atoms with Crippen molar-refractivity contribution in [1.29, 1.82) is 4.78 Å². The summed E-state index contributed by atoms with van der Waals surface area (Å²) in [6.07, 6.45) is 0.932. The van der Waals surface area contributed by atoms with E-state index >= 15 is 0 Å². The van der Waals surface area contributed by atoms with Gasteiger partial charge in [0.2, 0.25) is 0 Å². The van der Waals surface area contributed by atoms with Crippen LogP contribution in [0.3, 0.4) is 0 Å². The largest absolute Gasteiger partial charge is 0.395 e. The maximum absolute atomic E-state index is 11.8. The fourth-order valence-corrected chi connectivity index (χ4v) is 3.22. The van der Waals surface area contributed by atoms with Gasteiger partial charge in [0.1, 0.15) is 9.92 Å². The van der Waals surface area contributed by atoms with Crippen LogP contribution in [0.25, 0.3) is 0 Å². The van der Waals surface area contributed by atoms with E-state index < -0.39 is 9.92 Å². The molecule has 1 fully saturated rings. The Balaban J connectivity index is 2.82. The van der Waals surface area contributed by atoms with Crippen LogP contribution >= 0.6 is 0 Å². The molecule has 0 aromatic heterocycles. The molecule has 1 saturated heterocycles. The summed E-state index contributed by atoms with van der Waals surface area (Å²) in [5.41, 5.74) is 0. The molecule has 4 nitrogen and oxygen atoms in total. The van der Waals surface area contributed by atoms with Crippen LogP contribution in [0.2, 0.25) is 0 Å². The number of nitrogens with zero attached hydrogens (tertiary/aromatic N) is 1. The Bertz CT molecular complexity index is 263. The maximum atomic E-state index is 11.8. The minimum absolute atomic E-state index is 0.0109. The molecular weight excluding hydrogens is 188 g/mol. The number of aliphatic hydroxyl groups excluding tert-OH is 1. The molecule has 0 aromatic carbocycles. The van der Waals surface area contributed by atoms with Crippen molar-refractivity contribution in [1.82, 2.24) is 4.31 Å². The van der Waals surface area contributed by atoms with Crippen molar-refractivity contribution in [3.05, 3.63) is 0 Å². The molecule has 1 aliphatic rings. The van der Waals surface area contributed by atoms with Gasteiger partial charge in [-0.25, -0.2) is 13.3 Å².